The zero-order valence-corrected chi connectivity index (χ0v) is 8.72. The highest BCUT2D eigenvalue weighted by Gasteiger charge is 2.37. The predicted molar refractivity (Wildman–Crippen MR) is 55.2 cm³/mol. The predicted octanol–water partition coefficient (Wildman–Crippen LogP) is 0.765. The normalized spacial score (nSPS) is 29.8. The second-order valence-corrected chi connectivity index (χ2v) is 4.54. The van der Waals surface area contributed by atoms with E-state index in [1.807, 2.05) is 0 Å². The quantitative estimate of drug-likeness (QED) is 0.777. The Kier molecular flexibility index (Phi) is 2.12. The molecule has 0 bridgehead atoms. The molecule has 0 spiro atoms. The topological polar surface area (TPSA) is 68.2 Å². The van der Waals surface area contributed by atoms with Crippen LogP contribution < -0.4 is 10.6 Å². The van der Waals surface area contributed by atoms with Crippen LogP contribution in [0.25, 0.3) is 0 Å². The first-order valence-electron chi connectivity index (χ1n) is 5.64. The Morgan fingerprint density at radius 3 is 2.60 bits per heavy atom. The molecule has 1 aromatic rings. The summed E-state index contributed by atoms with van der Waals surface area (Å²) in [5, 5.41) is 7.92. The summed E-state index contributed by atoms with van der Waals surface area (Å²) >= 11 is 0. The van der Waals surface area contributed by atoms with Gasteiger partial charge in [-0.2, -0.15) is 0 Å². The second-order valence-electron chi connectivity index (χ2n) is 4.54. The van der Waals surface area contributed by atoms with Crippen molar-refractivity contribution in [3.63, 3.8) is 0 Å². The second kappa shape index (κ2) is 3.48. The number of aromatic nitrogens is 2. The molecule has 82 valence electrons. The highest BCUT2D eigenvalue weighted by Crippen LogP contribution is 2.39. The molecular formula is C10H16N4O. The molecule has 2 fully saturated rings. The van der Waals surface area contributed by atoms with Crippen LogP contribution in [0.1, 0.15) is 25.2 Å². The molecular weight excluding hydrogens is 192 g/mol. The monoisotopic (exact) mass is 208 g/mol. The van der Waals surface area contributed by atoms with Gasteiger partial charge in [0, 0.05) is 13.1 Å². The van der Waals surface area contributed by atoms with E-state index in [2.05, 4.69) is 15.1 Å². The fourth-order valence-electron chi connectivity index (χ4n) is 2.85. The molecule has 2 aliphatic rings. The largest absolute Gasteiger partial charge is 0.407 e. The third-order valence-corrected chi connectivity index (χ3v) is 3.63. The van der Waals surface area contributed by atoms with Crippen molar-refractivity contribution in [3.8, 4) is 0 Å². The Labute approximate surface area is 88.6 Å². The number of rotatable bonds is 2. The number of nitrogens with two attached hydrogens (primary N) is 1. The number of nitrogens with zero attached hydrogens (tertiary/aromatic N) is 3. The average Bonchev–Trinajstić information content (AvgIpc) is 2.91. The summed E-state index contributed by atoms with van der Waals surface area (Å²) in [5.74, 6) is 2.22. The summed E-state index contributed by atoms with van der Waals surface area (Å²) in [6.07, 6.45) is 4.11. The summed E-state index contributed by atoms with van der Waals surface area (Å²) < 4.78 is 5.46. The van der Waals surface area contributed by atoms with Crippen molar-refractivity contribution >= 4 is 6.01 Å². The highest BCUT2D eigenvalue weighted by molar-refractivity contribution is 5.27. The van der Waals surface area contributed by atoms with Gasteiger partial charge in [0.15, 0.2) is 0 Å². The lowest BCUT2D eigenvalue weighted by atomic mass is 10.0. The number of hydrogen-bond donors (Lipinski definition) is 1. The van der Waals surface area contributed by atoms with Gasteiger partial charge in [0.05, 0.1) is 6.54 Å². The molecule has 3 rings (SSSR count). The molecule has 5 heteroatoms. The van der Waals surface area contributed by atoms with Crippen LogP contribution in [-0.2, 0) is 6.54 Å². The Hall–Kier alpha value is -1.10. The van der Waals surface area contributed by atoms with E-state index >= 15 is 0 Å². The molecule has 1 aromatic heterocycles. The summed E-state index contributed by atoms with van der Waals surface area (Å²) in [7, 11) is 0. The van der Waals surface area contributed by atoms with Crippen molar-refractivity contribution in [3.05, 3.63) is 5.89 Å². The molecule has 0 amide bonds. The summed E-state index contributed by atoms with van der Waals surface area (Å²) in [5.41, 5.74) is 5.44. The van der Waals surface area contributed by atoms with Gasteiger partial charge in [-0.25, -0.2) is 0 Å². The molecule has 1 aliphatic carbocycles. The maximum absolute atomic E-state index is 5.46. The van der Waals surface area contributed by atoms with Gasteiger partial charge in [0.2, 0.25) is 5.89 Å². The SMILES string of the molecule is NCc1nnc(N2CC3CCCC3C2)o1. The fraction of sp³-hybridized carbons (Fsp3) is 0.800. The van der Waals surface area contributed by atoms with Crippen LogP contribution in [0.5, 0.6) is 0 Å². The lowest BCUT2D eigenvalue weighted by molar-refractivity contribution is 0.488. The van der Waals surface area contributed by atoms with Crippen LogP contribution in [-0.4, -0.2) is 23.3 Å². The first-order valence-corrected chi connectivity index (χ1v) is 5.64. The smallest absolute Gasteiger partial charge is 0.318 e. The van der Waals surface area contributed by atoms with Gasteiger partial charge >= 0.3 is 6.01 Å². The van der Waals surface area contributed by atoms with E-state index in [0.29, 0.717) is 18.5 Å². The van der Waals surface area contributed by atoms with E-state index in [9.17, 15) is 0 Å². The molecule has 2 N–H and O–H groups in total. The number of anilines is 1. The highest BCUT2D eigenvalue weighted by atomic mass is 16.4. The van der Waals surface area contributed by atoms with Crippen molar-refractivity contribution in [2.75, 3.05) is 18.0 Å². The zero-order chi connectivity index (χ0) is 10.3. The Balaban J connectivity index is 1.73. The van der Waals surface area contributed by atoms with Crippen molar-refractivity contribution in [2.24, 2.45) is 17.6 Å². The van der Waals surface area contributed by atoms with E-state index < -0.39 is 0 Å². The van der Waals surface area contributed by atoms with E-state index in [1.54, 1.807) is 0 Å². The van der Waals surface area contributed by atoms with Gasteiger partial charge in [-0.3, -0.25) is 0 Å². The van der Waals surface area contributed by atoms with Crippen LogP contribution >= 0.6 is 0 Å². The van der Waals surface area contributed by atoms with E-state index in [4.69, 9.17) is 10.2 Å². The van der Waals surface area contributed by atoms with Gasteiger partial charge in [-0.15, -0.1) is 5.10 Å². The van der Waals surface area contributed by atoms with Gasteiger partial charge < -0.3 is 15.1 Å². The number of fused-ring (bicyclic) bond motifs is 1. The lowest BCUT2D eigenvalue weighted by Crippen LogP contribution is -2.20. The fourth-order valence-corrected chi connectivity index (χ4v) is 2.85. The zero-order valence-electron chi connectivity index (χ0n) is 8.72. The maximum atomic E-state index is 5.46. The lowest BCUT2D eigenvalue weighted by Gasteiger charge is -2.12. The molecule has 1 aliphatic heterocycles. The van der Waals surface area contributed by atoms with E-state index in [-0.39, 0.29) is 0 Å². The minimum absolute atomic E-state index is 0.327. The molecule has 2 heterocycles. The van der Waals surface area contributed by atoms with Crippen LogP contribution in [0, 0.1) is 11.8 Å². The van der Waals surface area contributed by atoms with Crippen molar-refractivity contribution in [1.82, 2.24) is 10.2 Å². The third-order valence-electron chi connectivity index (χ3n) is 3.63. The van der Waals surface area contributed by atoms with Gasteiger partial charge in [-0.1, -0.05) is 11.5 Å². The van der Waals surface area contributed by atoms with Crippen molar-refractivity contribution in [1.29, 1.82) is 0 Å². The standard InChI is InChI=1S/C10H16N4O/c11-4-9-12-13-10(15-9)14-5-7-2-1-3-8(7)6-14/h7-8H,1-6,11H2. The Bertz CT molecular complexity index is 339. The van der Waals surface area contributed by atoms with Crippen LogP contribution in [0.4, 0.5) is 6.01 Å². The molecule has 2 atom stereocenters. The van der Waals surface area contributed by atoms with Crippen molar-refractivity contribution in [2.45, 2.75) is 25.8 Å². The van der Waals surface area contributed by atoms with Crippen LogP contribution in [0.3, 0.4) is 0 Å². The molecule has 15 heavy (non-hydrogen) atoms. The summed E-state index contributed by atoms with van der Waals surface area (Å²) in [6, 6.07) is 0.657. The maximum Gasteiger partial charge on any atom is 0.318 e. The molecule has 2 unspecified atom stereocenters. The van der Waals surface area contributed by atoms with Crippen LogP contribution in [0.15, 0.2) is 4.42 Å². The minimum Gasteiger partial charge on any atom is -0.407 e. The molecule has 0 aromatic carbocycles. The Morgan fingerprint density at radius 1 is 1.27 bits per heavy atom. The van der Waals surface area contributed by atoms with Crippen LogP contribution in [0.2, 0.25) is 0 Å². The van der Waals surface area contributed by atoms with Crippen molar-refractivity contribution < 1.29 is 4.42 Å². The van der Waals surface area contributed by atoms with E-state index in [0.717, 1.165) is 24.9 Å². The first-order chi connectivity index (χ1) is 7.36. The third kappa shape index (κ3) is 1.51. The molecule has 1 saturated heterocycles. The Morgan fingerprint density at radius 2 is 2.00 bits per heavy atom. The average molecular weight is 208 g/mol. The summed E-state index contributed by atoms with van der Waals surface area (Å²) in [6.45, 7) is 2.49. The number of hydrogen-bond acceptors (Lipinski definition) is 5. The molecule has 5 nitrogen and oxygen atoms in total. The van der Waals surface area contributed by atoms with Gasteiger partial charge in [0.1, 0.15) is 0 Å². The van der Waals surface area contributed by atoms with Gasteiger partial charge in [0.25, 0.3) is 0 Å². The molecule has 1 saturated carbocycles. The minimum atomic E-state index is 0.327. The first kappa shape index (κ1) is 9.15. The van der Waals surface area contributed by atoms with E-state index in [1.165, 1.54) is 19.3 Å². The van der Waals surface area contributed by atoms with Gasteiger partial charge in [-0.05, 0) is 24.7 Å². The molecule has 0 radical (unpaired) electrons. The summed E-state index contributed by atoms with van der Waals surface area (Å²) in [4.78, 5) is 2.21.